The van der Waals surface area contributed by atoms with Gasteiger partial charge in [0, 0.05) is 13.1 Å². The molecule has 0 spiro atoms. The van der Waals surface area contributed by atoms with Crippen molar-refractivity contribution < 1.29 is 9.53 Å². The summed E-state index contributed by atoms with van der Waals surface area (Å²) in [5.74, 6) is 1.10. The molecule has 1 aromatic rings. The van der Waals surface area contributed by atoms with E-state index in [1.165, 1.54) is 31.3 Å². The van der Waals surface area contributed by atoms with Gasteiger partial charge in [-0.2, -0.15) is 0 Å². The Morgan fingerprint density at radius 1 is 1.47 bits per heavy atom. The van der Waals surface area contributed by atoms with Gasteiger partial charge in [0.1, 0.15) is 0 Å². The summed E-state index contributed by atoms with van der Waals surface area (Å²) < 4.78 is 4.69. The minimum Gasteiger partial charge on any atom is -0.465 e. The molecule has 2 rings (SSSR count). The molecular weight excluding hydrogens is 284 g/mol. The normalized spacial score (nSPS) is 17.0. The molecule has 1 saturated heterocycles. The molecular formula is C13H19ClN2O2S. The fraction of sp³-hybridized carbons (Fsp3) is 0.692. The van der Waals surface area contributed by atoms with Crippen LogP contribution in [0.25, 0.3) is 0 Å². The van der Waals surface area contributed by atoms with E-state index < -0.39 is 5.97 Å². The lowest BCUT2D eigenvalue weighted by Crippen LogP contribution is -2.35. The second-order valence-electron chi connectivity index (χ2n) is 5.18. The van der Waals surface area contributed by atoms with Crippen LogP contribution >= 0.6 is 22.9 Å². The highest BCUT2D eigenvalue weighted by Gasteiger charge is 2.25. The van der Waals surface area contributed by atoms with E-state index in [4.69, 9.17) is 16.3 Å². The number of ether oxygens (including phenoxy) is 1. The van der Waals surface area contributed by atoms with Crippen LogP contribution in [0, 0.1) is 11.8 Å². The Morgan fingerprint density at radius 3 is 2.63 bits per heavy atom. The van der Waals surface area contributed by atoms with Crippen LogP contribution in [0.4, 0.5) is 5.13 Å². The van der Waals surface area contributed by atoms with Gasteiger partial charge in [-0.15, -0.1) is 0 Å². The molecule has 1 fully saturated rings. The molecule has 0 aromatic carbocycles. The highest BCUT2D eigenvalue weighted by atomic mass is 35.5. The van der Waals surface area contributed by atoms with Gasteiger partial charge in [0.25, 0.3) is 0 Å². The number of anilines is 1. The number of halogens is 1. The average molecular weight is 303 g/mol. The number of thiazole rings is 1. The van der Waals surface area contributed by atoms with E-state index in [0.717, 1.165) is 30.1 Å². The summed E-state index contributed by atoms with van der Waals surface area (Å²) in [6.07, 6.45) is 2.34. The fourth-order valence-electron chi connectivity index (χ4n) is 2.40. The van der Waals surface area contributed by atoms with E-state index in [1.807, 2.05) is 0 Å². The predicted octanol–water partition coefficient (Wildman–Crippen LogP) is 3.46. The first kappa shape index (κ1) is 14.6. The maximum atomic E-state index is 11.5. The van der Waals surface area contributed by atoms with Crippen molar-refractivity contribution in [2.45, 2.75) is 26.7 Å². The van der Waals surface area contributed by atoms with Crippen molar-refractivity contribution in [1.82, 2.24) is 4.98 Å². The quantitative estimate of drug-likeness (QED) is 0.802. The van der Waals surface area contributed by atoms with Crippen LogP contribution in [0.3, 0.4) is 0 Å². The zero-order valence-electron chi connectivity index (χ0n) is 11.5. The Morgan fingerprint density at radius 2 is 2.11 bits per heavy atom. The Hall–Kier alpha value is -0.810. The third-order valence-electron chi connectivity index (χ3n) is 3.70. The summed E-state index contributed by atoms with van der Waals surface area (Å²) in [5, 5.41) is 1.07. The monoisotopic (exact) mass is 302 g/mol. The number of aromatic nitrogens is 1. The minimum atomic E-state index is -0.411. The second kappa shape index (κ2) is 6.09. The topological polar surface area (TPSA) is 42.4 Å². The molecule has 0 radical (unpaired) electrons. The van der Waals surface area contributed by atoms with Gasteiger partial charge in [-0.25, -0.2) is 9.78 Å². The second-order valence-corrected chi connectivity index (χ2v) is 6.51. The average Bonchev–Trinajstić information content (AvgIpc) is 2.80. The highest BCUT2D eigenvalue weighted by molar-refractivity contribution is 7.18. The molecule has 1 aromatic heterocycles. The van der Waals surface area contributed by atoms with Crippen molar-refractivity contribution in [3.05, 3.63) is 10.0 Å². The number of carbonyl (C=O) groups excluding carboxylic acids is 1. The van der Waals surface area contributed by atoms with Gasteiger partial charge in [-0.05, 0) is 24.7 Å². The summed E-state index contributed by atoms with van der Waals surface area (Å²) in [7, 11) is 1.35. The largest absolute Gasteiger partial charge is 0.465 e. The number of methoxy groups -OCH3 is 1. The van der Waals surface area contributed by atoms with E-state index in [0.29, 0.717) is 4.88 Å². The molecule has 0 unspecified atom stereocenters. The highest BCUT2D eigenvalue weighted by Crippen LogP contribution is 2.33. The zero-order chi connectivity index (χ0) is 14.0. The molecule has 0 saturated carbocycles. The Labute approximate surface area is 122 Å². The molecule has 0 aliphatic carbocycles. The third-order valence-corrected chi connectivity index (χ3v) is 5.18. The van der Waals surface area contributed by atoms with Gasteiger partial charge >= 0.3 is 5.97 Å². The summed E-state index contributed by atoms with van der Waals surface area (Å²) >= 11 is 7.31. The lowest BCUT2D eigenvalue weighted by Gasteiger charge is -2.33. The first-order valence-corrected chi connectivity index (χ1v) is 7.72. The van der Waals surface area contributed by atoms with Crippen molar-refractivity contribution >= 4 is 34.0 Å². The lowest BCUT2D eigenvalue weighted by atomic mass is 9.87. The van der Waals surface area contributed by atoms with Crippen molar-refractivity contribution in [2.75, 3.05) is 25.1 Å². The van der Waals surface area contributed by atoms with Crippen LogP contribution in [-0.4, -0.2) is 31.2 Å². The zero-order valence-corrected chi connectivity index (χ0v) is 13.1. The van der Waals surface area contributed by atoms with Gasteiger partial charge in [-0.1, -0.05) is 36.8 Å². The Kier molecular flexibility index (Phi) is 4.68. The predicted molar refractivity (Wildman–Crippen MR) is 78.2 cm³/mol. The lowest BCUT2D eigenvalue weighted by molar-refractivity contribution is 0.0606. The van der Waals surface area contributed by atoms with Crippen molar-refractivity contribution in [1.29, 1.82) is 0 Å². The number of nitrogens with zero attached hydrogens (tertiary/aromatic N) is 2. The fourth-order valence-corrected chi connectivity index (χ4v) is 3.65. The molecule has 0 atom stereocenters. The van der Waals surface area contributed by atoms with Crippen molar-refractivity contribution in [3.63, 3.8) is 0 Å². The van der Waals surface area contributed by atoms with Crippen molar-refractivity contribution in [3.8, 4) is 0 Å². The standard InChI is InChI=1S/C13H19ClN2O2S/c1-8(2)9-4-6-16(7-5-9)13-15-11(14)10(19-13)12(17)18-3/h8-9H,4-7H2,1-3H3. The smallest absolute Gasteiger partial charge is 0.351 e. The number of hydrogen-bond donors (Lipinski definition) is 0. The molecule has 6 heteroatoms. The van der Waals surface area contributed by atoms with E-state index in [9.17, 15) is 4.79 Å². The van der Waals surface area contributed by atoms with Crippen LogP contribution in [0.5, 0.6) is 0 Å². The molecule has 4 nitrogen and oxygen atoms in total. The molecule has 19 heavy (non-hydrogen) atoms. The van der Waals surface area contributed by atoms with Crippen molar-refractivity contribution in [2.24, 2.45) is 11.8 Å². The molecule has 0 bridgehead atoms. The van der Waals surface area contributed by atoms with E-state index >= 15 is 0 Å². The molecule has 1 aliphatic rings. The van der Waals surface area contributed by atoms with Gasteiger partial charge in [0.2, 0.25) is 0 Å². The summed E-state index contributed by atoms with van der Waals surface area (Å²) in [4.78, 5) is 18.4. The molecule has 1 aliphatic heterocycles. The number of esters is 1. The minimum absolute atomic E-state index is 0.248. The van der Waals surface area contributed by atoms with Crippen LogP contribution in [-0.2, 0) is 4.74 Å². The van der Waals surface area contributed by atoms with Crippen LogP contribution < -0.4 is 4.90 Å². The Balaban J connectivity index is 2.06. The van der Waals surface area contributed by atoms with E-state index in [1.54, 1.807) is 0 Å². The van der Waals surface area contributed by atoms with E-state index in [2.05, 4.69) is 23.7 Å². The summed E-state index contributed by atoms with van der Waals surface area (Å²) in [6.45, 7) is 6.51. The molecule has 106 valence electrons. The number of hydrogen-bond acceptors (Lipinski definition) is 5. The van der Waals surface area contributed by atoms with Gasteiger partial charge in [0.05, 0.1) is 7.11 Å². The number of piperidine rings is 1. The van der Waals surface area contributed by atoms with Crippen LogP contribution in [0.15, 0.2) is 0 Å². The van der Waals surface area contributed by atoms with Gasteiger partial charge in [0.15, 0.2) is 15.2 Å². The van der Waals surface area contributed by atoms with Crippen LogP contribution in [0.1, 0.15) is 36.4 Å². The SMILES string of the molecule is COC(=O)c1sc(N2CCC(C(C)C)CC2)nc1Cl. The van der Waals surface area contributed by atoms with Gasteiger partial charge < -0.3 is 9.64 Å². The molecule has 0 amide bonds. The Bertz CT molecular complexity index is 453. The van der Waals surface area contributed by atoms with E-state index in [-0.39, 0.29) is 5.15 Å². The maximum absolute atomic E-state index is 11.5. The number of carbonyl (C=O) groups is 1. The first-order valence-electron chi connectivity index (χ1n) is 6.52. The maximum Gasteiger partial charge on any atom is 0.351 e. The van der Waals surface area contributed by atoms with Crippen LogP contribution in [0.2, 0.25) is 5.15 Å². The third kappa shape index (κ3) is 3.20. The molecule has 2 heterocycles. The summed E-state index contributed by atoms with van der Waals surface area (Å²) in [6, 6.07) is 0. The number of rotatable bonds is 3. The first-order chi connectivity index (χ1) is 9.02. The van der Waals surface area contributed by atoms with Gasteiger partial charge in [-0.3, -0.25) is 0 Å². The summed E-state index contributed by atoms with van der Waals surface area (Å²) in [5.41, 5.74) is 0. The molecule has 0 N–H and O–H groups in total.